The van der Waals surface area contributed by atoms with E-state index in [-0.39, 0.29) is 12.0 Å². The van der Waals surface area contributed by atoms with Crippen LogP contribution < -0.4 is 0 Å². The molecule has 1 rings (SSSR count). The third kappa shape index (κ3) is 5.49. The average Bonchev–Trinajstić information content (AvgIpc) is 2.56. The van der Waals surface area contributed by atoms with Crippen LogP contribution in [0, 0.1) is 0 Å². The lowest BCUT2D eigenvalue weighted by atomic mass is 10.0. The Hall–Kier alpha value is -0.610. The molecule has 1 heterocycles. The van der Waals surface area contributed by atoms with E-state index in [4.69, 9.17) is 0 Å². The van der Waals surface area contributed by atoms with Crippen LogP contribution in [0.25, 0.3) is 0 Å². The number of rotatable bonds is 6. The zero-order valence-electron chi connectivity index (χ0n) is 12.8. The van der Waals surface area contributed by atoms with Gasteiger partial charge in [0.15, 0.2) is 0 Å². The molecule has 2 unspecified atom stereocenters. The normalized spacial score (nSPS) is 22.8. The molecule has 4 nitrogen and oxygen atoms in total. The van der Waals surface area contributed by atoms with Gasteiger partial charge >= 0.3 is 0 Å². The molecule has 0 aromatic rings. The summed E-state index contributed by atoms with van der Waals surface area (Å²) in [6, 6.07) is 0.363. The van der Waals surface area contributed by atoms with Gasteiger partial charge in [0.05, 0.1) is 12.6 Å². The van der Waals surface area contributed by atoms with E-state index < -0.39 is 0 Å². The van der Waals surface area contributed by atoms with Gasteiger partial charge in [0.2, 0.25) is 5.91 Å². The summed E-state index contributed by atoms with van der Waals surface area (Å²) in [6.07, 6.45) is 5.23. The molecule has 0 spiro atoms. The minimum Gasteiger partial charge on any atom is -0.393 e. The minimum atomic E-state index is -0.283. The summed E-state index contributed by atoms with van der Waals surface area (Å²) in [7, 11) is 0. The second kappa shape index (κ2) is 8.54. The first-order valence-electron chi connectivity index (χ1n) is 7.78. The predicted molar refractivity (Wildman–Crippen MR) is 78.1 cm³/mol. The number of likely N-dealkylation sites (N-methyl/N-ethyl adjacent to an activating group) is 1. The summed E-state index contributed by atoms with van der Waals surface area (Å²) in [4.78, 5) is 16.4. The number of carbonyl (C=O) groups is 1. The molecule has 112 valence electrons. The van der Waals surface area contributed by atoms with Crippen LogP contribution in [-0.2, 0) is 4.79 Å². The third-order valence-corrected chi connectivity index (χ3v) is 4.07. The van der Waals surface area contributed by atoms with E-state index in [0.717, 1.165) is 32.5 Å². The van der Waals surface area contributed by atoms with Gasteiger partial charge in [-0.2, -0.15) is 0 Å². The maximum Gasteiger partial charge on any atom is 0.236 e. The number of hydrogen-bond donors (Lipinski definition) is 1. The molecule has 1 N–H and O–H groups in total. The van der Waals surface area contributed by atoms with Crippen molar-refractivity contribution >= 4 is 5.91 Å². The lowest BCUT2D eigenvalue weighted by Crippen LogP contribution is -2.45. The van der Waals surface area contributed by atoms with Gasteiger partial charge in [-0.25, -0.2) is 0 Å². The number of aliphatic hydroxyl groups is 1. The van der Waals surface area contributed by atoms with Crippen LogP contribution >= 0.6 is 0 Å². The van der Waals surface area contributed by atoms with Gasteiger partial charge in [0.25, 0.3) is 0 Å². The lowest BCUT2D eigenvalue weighted by Gasteiger charge is -2.32. The molecule has 2 atom stereocenters. The van der Waals surface area contributed by atoms with Crippen molar-refractivity contribution in [2.75, 3.05) is 26.2 Å². The van der Waals surface area contributed by atoms with E-state index >= 15 is 0 Å². The third-order valence-electron chi connectivity index (χ3n) is 4.07. The van der Waals surface area contributed by atoms with E-state index in [1.54, 1.807) is 0 Å². The summed E-state index contributed by atoms with van der Waals surface area (Å²) in [5.41, 5.74) is 0. The van der Waals surface area contributed by atoms with Crippen LogP contribution in [0.3, 0.4) is 0 Å². The fraction of sp³-hybridized carbons (Fsp3) is 0.933. The monoisotopic (exact) mass is 270 g/mol. The van der Waals surface area contributed by atoms with Crippen molar-refractivity contribution in [1.29, 1.82) is 0 Å². The first kappa shape index (κ1) is 16.4. The first-order chi connectivity index (χ1) is 9.08. The molecule has 1 aliphatic rings. The molecule has 0 aliphatic carbocycles. The highest BCUT2D eigenvalue weighted by atomic mass is 16.3. The van der Waals surface area contributed by atoms with Gasteiger partial charge in [-0.1, -0.05) is 12.8 Å². The topological polar surface area (TPSA) is 43.8 Å². The Labute approximate surface area is 117 Å². The molecule has 1 saturated heterocycles. The Bertz CT molecular complexity index is 265. The number of nitrogens with zero attached hydrogens (tertiary/aromatic N) is 2. The highest BCUT2D eigenvalue weighted by molar-refractivity contribution is 5.78. The first-order valence-corrected chi connectivity index (χ1v) is 7.78. The molecule has 19 heavy (non-hydrogen) atoms. The largest absolute Gasteiger partial charge is 0.393 e. The van der Waals surface area contributed by atoms with Crippen molar-refractivity contribution in [2.24, 2.45) is 0 Å². The summed E-state index contributed by atoms with van der Waals surface area (Å²) in [6.45, 7) is 8.96. The maximum absolute atomic E-state index is 12.2. The number of hydrogen-bond acceptors (Lipinski definition) is 3. The number of likely N-dealkylation sites (tertiary alicyclic amines) is 1. The van der Waals surface area contributed by atoms with Crippen molar-refractivity contribution in [2.45, 2.75) is 65.0 Å². The van der Waals surface area contributed by atoms with Crippen molar-refractivity contribution < 1.29 is 9.90 Å². The Balaban J connectivity index is 2.61. The lowest BCUT2D eigenvalue weighted by molar-refractivity contribution is -0.132. The molecule has 0 aromatic carbocycles. The van der Waals surface area contributed by atoms with E-state index in [2.05, 4.69) is 4.90 Å². The Morgan fingerprint density at radius 2 is 2.00 bits per heavy atom. The van der Waals surface area contributed by atoms with Crippen LogP contribution in [-0.4, -0.2) is 59.1 Å². The molecule has 0 radical (unpaired) electrons. The van der Waals surface area contributed by atoms with E-state index in [1.807, 2.05) is 25.7 Å². The van der Waals surface area contributed by atoms with Gasteiger partial charge in [0.1, 0.15) is 0 Å². The highest BCUT2D eigenvalue weighted by Gasteiger charge is 2.25. The van der Waals surface area contributed by atoms with Crippen molar-refractivity contribution in [3.05, 3.63) is 0 Å². The quantitative estimate of drug-likeness (QED) is 0.801. The number of aliphatic hydroxyl groups excluding tert-OH is 1. The molecular formula is C15H30N2O2. The van der Waals surface area contributed by atoms with E-state index in [1.165, 1.54) is 19.3 Å². The van der Waals surface area contributed by atoms with Crippen molar-refractivity contribution in [3.8, 4) is 0 Å². The summed E-state index contributed by atoms with van der Waals surface area (Å²) >= 11 is 0. The Morgan fingerprint density at radius 3 is 2.58 bits per heavy atom. The highest BCUT2D eigenvalue weighted by Crippen LogP contribution is 2.20. The number of amides is 1. The molecule has 0 aromatic heterocycles. The minimum absolute atomic E-state index is 0.225. The SMILES string of the molecule is CCN(CC)C(=O)CN1CCCCCC1CC(C)O. The molecule has 0 bridgehead atoms. The summed E-state index contributed by atoms with van der Waals surface area (Å²) in [5, 5.41) is 9.63. The van der Waals surface area contributed by atoms with E-state index in [9.17, 15) is 9.90 Å². The van der Waals surface area contributed by atoms with Gasteiger partial charge in [-0.05, 0) is 46.6 Å². The van der Waals surface area contributed by atoms with Crippen LogP contribution in [0.15, 0.2) is 0 Å². The zero-order valence-corrected chi connectivity index (χ0v) is 12.8. The number of carbonyl (C=O) groups excluding carboxylic acids is 1. The van der Waals surface area contributed by atoms with Crippen LogP contribution in [0.5, 0.6) is 0 Å². The smallest absolute Gasteiger partial charge is 0.236 e. The molecule has 4 heteroatoms. The van der Waals surface area contributed by atoms with Crippen LogP contribution in [0.1, 0.15) is 52.9 Å². The second-order valence-electron chi connectivity index (χ2n) is 5.62. The maximum atomic E-state index is 12.2. The van der Waals surface area contributed by atoms with Crippen LogP contribution in [0.2, 0.25) is 0 Å². The molecule has 1 fully saturated rings. The standard InChI is InChI=1S/C15H30N2O2/c1-4-16(5-2)15(19)12-17-10-8-6-7-9-14(17)11-13(3)18/h13-14,18H,4-12H2,1-3H3. The molecule has 0 saturated carbocycles. The Morgan fingerprint density at radius 1 is 1.32 bits per heavy atom. The van der Waals surface area contributed by atoms with Gasteiger partial charge < -0.3 is 10.0 Å². The molecule has 1 amide bonds. The second-order valence-corrected chi connectivity index (χ2v) is 5.62. The fourth-order valence-electron chi connectivity index (χ4n) is 2.96. The fourth-order valence-corrected chi connectivity index (χ4v) is 2.96. The van der Waals surface area contributed by atoms with Gasteiger partial charge in [-0.15, -0.1) is 0 Å². The Kier molecular flexibility index (Phi) is 7.39. The molecular weight excluding hydrogens is 240 g/mol. The summed E-state index contributed by atoms with van der Waals surface area (Å²) < 4.78 is 0. The predicted octanol–water partition coefficient (Wildman–Crippen LogP) is 1.87. The zero-order chi connectivity index (χ0) is 14.3. The summed E-state index contributed by atoms with van der Waals surface area (Å²) in [5.74, 6) is 0.225. The average molecular weight is 270 g/mol. The van der Waals surface area contributed by atoms with E-state index in [0.29, 0.717) is 12.6 Å². The van der Waals surface area contributed by atoms with Gasteiger partial charge in [0, 0.05) is 19.1 Å². The molecule has 1 aliphatic heterocycles. The van der Waals surface area contributed by atoms with Crippen LogP contribution in [0.4, 0.5) is 0 Å². The van der Waals surface area contributed by atoms with Crippen molar-refractivity contribution in [1.82, 2.24) is 9.80 Å². The van der Waals surface area contributed by atoms with Crippen molar-refractivity contribution in [3.63, 3.8) is 0 Å². The van der Waals surface area contributed by atoms with Gasteiger partial charge in [-0.3, -0.25) is 9.69 Å².